The third-order valence-corrected chi connectivity index (χ3v) is 4.56. The van der Waals surface area contributed by atoms with E-state index in [0.717, 1.165) is 54.3 Å². The van der Waals surface area contributed by atoms with Gasteiger partial charge in [-0.15, -0.1) is 0 Å². The molecule has 0 atom stereocenters. The lowest BCUT2D eigenvalue weighted by atomic mass is 10.0. The predicted octanol–water partition coefficient (Wildman–Crippen LogP) is 4.44. The molecule has 5 heteroatoms. The van der Waals surface area contributed by atoms with Crippen LogP contribution >= 0.6 is 0 Å². The third-order valence-electron chi connectivity index (χ3n) is 4.56. The van der Waals surface area contributed by atoms with Gasteiger partial charge >= 0.3 is 0 Å². The molecule has 4 rings (SSSR count). The van der Waals surface area contributed by atoms with Crippen LogP contribution in [0.1, 0.15) is 18.4 Å². The molecule has 3 aromatic rings. The number of halogens is 1. The largest absolute Gasteiger partial charge is 0.497 e. The van der Waals surface area contributed by atoms with E-state index in [0.29, 0.717) is 0 Å². The fourth-order valence-corrected chi connectivity index (χ4v) is 3.25. The molecule has 0 bridgehead atoms. The highest BCUT2D eigenvalue weighted by Crippen LogP contribution is 2.34. The van der Waals surface area contributed by atoms with Crippen molar-refractivity contribution in [2.45, 2.75) is 19.3 Å². The number of methoxy groups -OCH3 is 1. The molecule has 0 radical (unpaired) electrons. The normalized spacial score (nSPS) is 13.7. The van der Waals surface area contributed by atoms with Crippen molar-refractivity contribution in [2.75, 3.05) is 19.0 Å². The fraction of sp³-hybridized carbons (Fsp3) is 0.250. The number of hydrogen-bond acceptors (Lipinski definition) is 3. The minimum absolute atomic E-state index is 0.234. The van der Waals surface area contributed by atoms with Crippen LogP contribution < -0.4 is 10.1 Å². The lowest BCUT2D eigenvalue weighted by Crippen LogP contribution is -2.07. The molecule has 128 valence electrons. The Labute approximate surface area is 146 Å². The molecule has 0 amide bonds. The van der Waals surface area contributed by atoms with Gasteiger partial charge in [0.15, 0.2) is 0 Å². The SMILES string of the molecule is COc1ccc(-n2nc(-c3ccc(F)cc3)c3c2NCCCC3)cc1. The van der Waals surface area contributed by atoms with Crippen LogP contribution in [0.3, 0.4) is 0 Å². The summed E-state index contributed by atoms with van der Waals surface area (Å²) in [6.45, 7) is 0.928. The standard InChI is InChI=1S/C20H20FN3O/c1-25-17-11-9-16(10-12-17)24-20-18(4-2-3-13-22-20)19(23-24)14-5-7-15(21)8-6-14/h5-12,22H,2-4,13H2,1H3. The van der Waals surface area contributed by atoms with Crippen molar-refractivity contribution in [3.63, 3.8) is 0 Å². The van der Waals surface area contributed by atoms with E-state index in [9.17, 15) is 4.39 Å². The van der Waals surface area contributed by atoms with E-state index < -0.39 is 0 Å². The number of nitrogens with zero attached hydrogens (tertiary/aromatic N) is 2. The van der Waals surface area contributed by atoms with Gasteiger partial charge in [0.25, 0.3) is 0 Å². The second-order valence-electron chi connectivity index (χ2n) is 6.18. The van der Waals surface area contributed by atoms with Gasteiger partial charge < -0.3 is 10.1 Å². The van der Waals surface area contributed by atoms with Crippen LogP contribution in [0.25, 0.3) is 16.9 Å². The highest BCUT2D eigenvalue weighted by Gasteiger charge is 2.21. The molecule has 2 aromatic carbocycles. The average Bonchev–Trinajstić information content (AvgIpc) is 2.84. The second-order valence-corrected chi connectivity index (χ2v) is 6.18. The lowest BCUT2D eigenvalue weighted by Gasteiger charge is -2.09. The molecule has 0 unspecified atom stereocenters. The van der Waals surface area contributed by atoms with Crippen molar-refractivity contribution < 1.29 is 9.13 Å². The maximum Gasteiger partial charge on any atom is 0.133 e. The van der Waals surface area contributed by atoms with E-state index in [1.165, 1.54) is 17.7 Å². The van der Waals surface area contributed by atoms with Crippen LogP contribution in [0.5, 0.6) is 5.75 Å². The summed E-state index contributed by atoms with van der Waals surface area (Å²) < 4.78 is 20.5. The molecule has 1 aromatic heterocycles. The Balaban J connectivity index is 1.85. The summed E-state index contributed by atoms with van der Waals surface area (Å²) in [5, 5.41) is 8.37. The zero-order valence-corrected chi connectivity index (χ0v) is 14.1. The first-order valence-corrected chi connectivity index (χ1v) is 8.52. The van der Waals surface area contributed by atoms with Crippen LogP contribution in [-0.2, 0) is 6.42 Å². The maximum atomic E-state index is 13.3. The first kappa shape index (κ1) is 15.7. The Bertz CT molecular complexity index is 869. The number of rotatable bonds is 3. The van der Waals surface area contributed by atoms with Gasteiger partial charge in [0, 0.05) is 17.7 Å². The molecule has 25 heavy (non-hydrogen) atoms. The van der Waals surface area contributed by atoms with Crippen molar-refractivity contribution in [1.82, 2.24) is 9.78 Å². The first-order valence-electron chi connectivity index (χ1n) is 8.52. The Morgan fingerprint density at radius 2 is 1.80 bits per heavy atom. The number of anilines is 1. The summed E-state index contributed by atoms with van der Waals surface area (Å²) in [7, 11) is 1.66. The molecular formula is C20H20FN3O. The van der Waals surface area contributed by atoms with Gasteiger partial charge in [-0.1, -0.05) is 0 Å². The molecule has 0 saturated carbocycles. The highest BCUT2D eigenvalue weighted by molar-refractivity contribution is 5.71. The summed E-state index contributed by atoms with van der Waals surface area (Å²) in [6.07, 6.45) is 3.20. The Kier molecular flexibility index (Phi) is 4.14. The van der Waals surface area contributed by atoms with Crippen LogP contribution in [0.4, 0.5) is 10.2 Å². The van der Waals surface area contributed by atoms with Crippen molar-refractivity contribution in [1.29, 1.82) is 0 Å². The second kappa shape index (κ2) is 6.59. The fourth-order valence-electron chi connectivity index (χ4n) is 3.25. The molecule has 0 fully saturated rings. The van der Waals surface area contributed by atoms with Crippen LogP contribution in [0.2, 0.25) is 0 Å². The molecule has 0 saturated heterocycles. The minimum atomic E-state index is -0.234. The van der Waals surface area contributed by atoms with Crippen molar-refractivity contribution >= 4 is 5.82 Å². The average molecular weight is 337 g/mol. The van der Waals surface area contributed by atoms with Crippen LogP contribution in [0.15, 0.2) is 48.5 Å². The summed E-state index contributed by atoms with van der Waals surface area (Å²) in [5.74, 6) is 1.61. The van der Waals surface area contributed by atoms with Crippen molar-refractivity contribution in [2.24, 2.45) is 0 Å². The number of fused-ring (bicyclic) bond motifs is 1. The monoisotopic (exact) mass is 337 g/mol. The van der Waals surface area contributed by atoms with Gasteiger partial charge in [-0.05, 0) is 67.8 Å². The number of benzene rings is 2. The predicted molar refractivity (Wildman–Crippen MR) is 96.9 cm³/mol. The minimum Gasteiger partial charge on any atom is -0.497 e. The van der Waals surface area contributed by atoms with Gasteiger partial charge in [0.05, 0.1) is 18.5 Å². The molecule has 2 heterocycles. The van der Waals surface area contributed by atoms with E-state index in [1.807, 2.05) is 28.9 Å². The van der Waals surface area contributed by atoms with Crippen molar-refractivity contribution in [3.05, 3.63) is 59.9 Å². The smallest absolute Gasteiger partial charge is 0.133 e. The first-order chi connectivity index (χ1) is 12.3. The highest BCUT2D eigenvalue weighted by atomic mass is 19.1. The maximum absolute atomic E-state index is 13.3. The molecule has 0 spiro atoms. The van der Waals surface area contributed by atoms with Crippen LogP contribution in [0, 0.1) is 5.82 Å². The van der Waals surface area contributed by atoms with Gasteiger partial charge in [-0.25, -0.2) is 9.07 Å². The van der Waals surface area contributed by atoms with E-state index in [2.05, 4.69) is 5.32 Å². The summed E-state index contributed by atoms with van der Waals surface area (Å²) in [5.41, 5.74) is 4.02. The zero-order chi connectivity index (χ0) is 17.2. The van der Waals surface area contributed by atoms with Gasteiger partial charge in [0.2, 0.25) is 0 Å². The molecule has 4 nitrogen and oxygen atoms in total. The molecule has 1 N–H and O–H groups in total. The number of hydrogen-bond donors (Lipinski definition) is 1. The summed E-state index contributed by atoms with van der Waals surface area (Å²) in [4.78, 5) is 0. The third kappa shape index (κ3) is 2.97. The zero-order valence-electron chi connectivity index (χ0n) is 14.1. The number of aromatic nitrogens is 2. The Morgan fingerprint density at radius 1 is 1.04 bits per heavy atom. The Morgan fingerprint density at radius 3 is 2.52 bits per heavy atom. The van der Waals surface area contributed by atoms with Gasteiger partial charge in [0.1, 0.15) is 17.4 Å². The van der Waals surface area contributed by atoms with Gasteiger partial charge in [-0.3, -0.25) is 0 Å². The topological polar surface area (TPSA) is 39.1 Å². The summed E-state index contributed by atoms with van der Waals surface area (Å²) in [6, 6.07) is 14.4. The van der Waals surface area contributed by atoms with Crippen molar-refractivity contribution in [3.8, 4) is 22.7 Å². The van der Waals surface area contributed by atoms with E-state index in [-0.39, 0.29) is 5.82 Å². The molecule has 1 aliphatic heterocycles. The quantitative estimate of drug-likeness (QED) is 0.768. The number of ether oxygens (including phenoxy) is 1. The van der Waals surface area contributed by atoms with E-state index in [4.69, 9.17) is 9.84 Å². The van der Waals surface area contributed by atoms with Gasteiger partial charge in [-0.2, -0.15) is 5.10 Å². The lowest BCUT2D eigenvalue weighted by molar-refractivity contribution is 0.414. The summed E-state index contributed by atoms with van der Waals surface area (Å²) >= 11 is 0. The van der Waals surface area contributed by atoms with E-state index >= 15 is 0 Å². The molecule has 1 aliphatic rings. The number of nitrogens with one attached hydrogen (secondary N) is 1. The molecular weight excluding hydrogens is 317 g/mol. The van der Waals surface area contributed by atoms with Crippen LogP contribution in [-0.4, -0.2) is 23.4 Å². The van der Waals surface area contributed by atoms with E-state index in [1.54, 1.807) is 19.2 Å². The molecule has 0 aliphatic carbocycles. The Hall–Kier alpha value is -2.82.